The van der Waals surface area contributed by atoms with Crippen molar-refractivity contribution < 1.29 is 21.6 Å². The second-order valence-electron chi connectivity index (χ2n) is 5.48. The Hall–Kier alpha value is -1.08. The standard InChI is InChI=1S/C14H20F3NO2S/c1-11(2)8-18(10-14(15,16)17)21(19,20)9-13-7-5-4-6-12(13)3/h4-7,11H,8-10H2,1-3H3. The van der Waals surface area contributed by atoms with Crippen LogP contribution in [-0.2, 0) is 15.8 Å². The maximum Gasteiger partial charge on any atom is 0.402 e. The lowest BCUT2D eigenvalue weighted by Gasteiger charge is -2.25. The molecule has 0 amide bonds. The smallest absolute Gasteiger partial charge is 0.212 e. The highest BCUT2D eigenvalue weighted by molar-refractivity contribution is 7.88. The van der Waals surface area contributed by atoms with Crippen LogP contribution in [0, 0.1) is 12.8 Å². The van der Waals surface area contributed by atoms with Crippen LogP contribution in [0.2, 0.25) is 0 Å². The zero-order valence-electron chi connectivity index (χ0n) is 12.3. The Morgan fingerprint density at radius 2 is 1.76 bits per heavy atom. The van der Waals surface area contributed by atoms with Crippen LogP contribution in [0.4, 0.5) is 13.2 Å². The van der Waals surface area contributed by atoms with Crippen molar-refractivity contribution in [2.75, 3.05) is 13.1 Å². The Kier molecular flexibility index (Phi) is 5.81. The van der Waals surface area contributed by atoms with Gasteiger partial charge in [-0.05, 0) is 24.0 Å². The molecule has 1 aromatic rings. The molecule has 0 aliphatic carbocycles. The van der Waals surface area contributed by atoms with Crippen molar-refractivity contribution in [2.45, 2.75) is 32.7 Å². The molecule has 0 aliphatic rings. The van der Waals surface area contributed by atoms with E-state index in [2.05, 4.69) is 0 Å². The van der Waals surface area contributed by atoms with Crippen molar-refractivity contribution in [1.82, 2.24) is 4.31 Å². The third-order valence-corrected chi connectivity index (χ3v) is 4.66. The molecule has 0 unspecified atom stereocenters. The third kappa shape index (κ3) is 6.05. The quantitative estimate of drug-likeness (QED) is 0.805. The molecule has 0 spiro atoms. The van der Waals surface area contributed by atoms with Crippen molar-refractivity contribution in [1.29, 1.82) is 0 Å². The summed E-state index contributed by atoms with van der Waals surface area (Å²) >= 11 is 0. The van der Waals surface area contributed by atoms with Gasteiger partial charge in [0.15, 0.2) is 0 Å². The molecular formula is C14H20F3NO2S. The normalized spacial score (nSPS) is 13.1. The topological polar surface area (TPSA) is 37.4 Å². The molecule has 1 aromatic carbocycles. The molecule has 0 saturated heterocycles. The van der Waals surface area contributed by atoms with Crippen molar-refractivity contribution in [3.8, 4) is 0 Å². The lowest BCUT2D eigenvalue weighted by atomic mass is 10.1. The number of benzene rings is 1. The van der Waals surface area contributed by atoms with Crippen LogP contribution >= 0.6 is 0 Å². The number of halogens is 3. The summed E-state index contributed by atoms with van der Waals surface area (Å²) < 4.78 is 62.9. The van der Waals surface area contributed by atoms with Gasteiger partial charge >= 0.3 is 6.18 Å². The fourth-order valence-electron chi connectivity index (χ4n) is 1.94. The molecular weight excluding hydrogens is 303 g/mol. The number of aryl methyl sites for hydroxylation is 1. The first-order chi connectivity index (χ1) is 9.51. The first kappa shape index (κ1) is 18.0. The van der Waals surface area contributed by atoms with Gasteiger partial charge in [-0.1, -0.05) is 38.1 Å². The average Bonchev–Trinajstić information content (AvgIpc) is 2.28. The maximum absolute atomic E-state index is 12.6. The van der Waals surface area contributed by atoms with Crippen LogP contribution in [0.3, 0.4) is 0 Å². The summed E-state index contributed by atoms with van der Waals surface area (Å²) in [6.07, 6.45) is -4.55. The Morgan fingerprint density at radius 1 is 1.19 bits per heavy atom. The van der Waals surface area contributed by atoms with Crippen LogP contribution in [-0.4, -0.2) is 32.0 Å². The first-order valence-corrected chi connectivity index (χ1v) is 8.21. The van der Waals surface area contributed by atoms with Gasteiger partial charge in [0.25, 0.3) is 0 Å². The summed E-state index contributed by atoms with van der Waals surface area (Å²) in [5.74, 6) is -0.596. The van der Waals surface area contributed by atoms with Gasteiger partial charge in [0, 0.05) is 6.54 Å². The van der Waals surface area contributed by atoms with E-state index in [0.29, 0.717) is 9.87 Å². The van der Waals surface area contributed by atoms with Gasteiger partial charge in [-0.2, -0.15) is 17.5 Å². The van der Waals surface area contributed by atoms with Gasteiger partial charge in [-0.3, -0.25) is 0 Å². The molecule has 1 rings (SSSR count). The zero-order valence-corrected chi connectivity index (χ0v) is 13.1. The Balaban J connectivity index is 3.01. The predicted octanol–water partition coefficient (Wildman–Crippen LogP) is 3.35. The SMILES string of the molecule is Cc1ccccc1CS(=O)(=O)N(CC(C)C)CC(F)(F)F. The van der Waals surface area contributed by atoms with E-state index in [4.69, 9.17) is 0 Å². The fourth-order valence-corrected chi connectivity index (χ4v) is 3.71. The van der Waals surface area contributed by atoms with Crippen LogP contribution in [0.15, 0.2) is 24.3 Å². The maximum atomic E-state index is 12.6. The van der Waals surface area contributed by atoms with E-state index in [0.717, 1.165) is 5.56 Å². The van der Waals surface area contributed by atoms with E-state index in [1.807, 2.05) is 0 Å². The summed E-state index contributed by atoms with van der Waals surface area (Å²) in [5.41, 5.74) is 1.27. The van der Waals surface area contributed by atoms with Crippen molar-refractivity contribution in [3.05, 3.63) is 35.4 Å². The number of rotatable bonds is 6. The Morgan fingerprint density at radius 3 is 2.24 bits per heavy atom. The van der Waals surface area contributed by atoms with Gasteiger partial charge in [0.1, 0.15) is 6.54 Å². The fraction of sp³-hybridized carbons (Fsp3) is 0.571. The molecule has 0 fully saturated rings. The molecule has 0 saturated carbocycles. The zero-order chi connectivity index (χ0) is 16.3. The molecule has 0 aliphatic heterocycles. The number of sulfonamides is 1. The lowest BCUT2D eigenvalue weighted by Crippen LogP contribution is -2.41. The molecule has 0 aromatic heterocycles. The molecule has 21 heavy (non-hydrogen) atoms. The van der Waals surface area contributed by atoms with E-state index >= 15 is 0 Å². The minimum Gasteiger partial charge on any atom is -0.212 e. The van der Waals surface area contributed by atoms with Gasteiger partial charge in [0.2, 0.25) is 10.0 Å². The Bertz CT molecular complexity index is 568. The number of alkyl halides is 3. The van der Waals surface area contributed by atoms with Crippen LogP contribution in [0.5, 0.6) is 0 Å². The minimum atomic E-state index is -4.55. The number of nitrogens with zero attached hydrogens (tertiary/aromatic N) is 1. The van der Waals surface area contributed by atoms with E-state index in [-0.39, 0.29) is 12.5 Å². The molecule has 0 heterocycles. The molecule has 7 heteroatoms. The van der Waals surface area contributed by atoms with E-state index < -0.39 is 28.5 Å². The van der Waals surface area contributed by atoms with Gasteiger partial charge in [-0.25, -0.2) is 8.42 Å². The first-order valence-electron chi connectivity index (χ1n) is 6.60. The van der Waals surface area contributed by atoms with Crippen LogP contribution in [0.1, 0.15) is 25.0 Å². The average molecular weight is 323 g/mol. The summed E-state index contributed by atoms with van der Waals surface area (Å²) in [7, 11) is -4.01. The minimum absolute atomic E-state index is 0.145. The highest BCUT2D eigenvalue weighted by atomic mass is 32.2. The van der Waals surface area contributed by atoms with Gasteiger partial charge in [-0.15, -0.1) is 0 Å². The highest BCUT2D eigenvalue weighted by Crippen LogP contribution is 2.22. The molecule has 0 radical (unpaired) electrons. The third-order valence-electron chi connectivity index (χ3n) is 2.92. The summed E-state index contributed by atoms with van der Waals surface area (Å²) in [6, 6.07) is 6.79. The summed E-state index contributed by atoms with van der Waals surface area (Å²) in [6.45, 7) is 3.52. The largest absolute Gasteiger partial charge is 0.402 e. The molecule has 120 valence electrons. The van der Waals surface area contributed by atoms with E-state index in [1.54, 1.807) is 45.0 Å². The summed E-state index contributed by atoms with van der Waals surface area (Å²) in [5, 5.41) is 0. The van der Waals surface area contributed by atoms with Crippen LogP contribution < -0.4 is 0 Å². The number of hydrogen-bond donors (Lipinski definition) is 0. The molecule has 0 atom stereocenters. The summed E-state index contributed by atoms with van der Waals surface area (Å²) in [4.78, 5) is 0. The lowest BCUT2D eigenvalue weighted by molar-refractivity contribution is -0.136. The van der Waals surface area contributed by atoms with Gasteiger partial charge in [0.05, 0.1) is 5.75 Å². The second-order valence-corrected chi connectivity index (χ2v) is 7.45. The van der Waals surface area contributed by atoms with E-state index in [9.17, 15) is 21.6 Å². The number of hydrogen-bond acceptors (Lipinski definition) is 2. The Labute approximate surface area is 123 Å². The van der Waals surface area contributed by atoms with Crippen molar-refractivity contribution in [2.24, 2.45) is 5.92 Å². The van der Waals surface area contributed by atoms with Crippen LogP contribution in [0.25, 0.3) is 0 Å². The monoisotopic (exact) mass is 323 g/mol. The van der Waals surface area contributed by atoms with E-state index in [1.165, 1.54) is 0 Å². The van der Waals surface area contributed by atoms with Crippen molar-refractivity contribution >= 4 is 10.0 Å². The highest BCUT2D eigenvalue weighted by Gasteiger charge is 2.36. The predicted molar refractivity (Wildman–Crippen MR) is 76.3 cm³/mol. The molecule has 0 N–H and O–H groups in total. The van der Waals surface area contributed by atoms with Gasteiger partial charge < -0.3 is 0 Å². The second kappa shape index (κ2) is 6.79. The van der Waals surface area contributed by atoms with Crippen molar-refractivity contribution in [3.63, 3.8) is 0 Å². The molecule has 0 bridgehead atoms. The molecule has 3 nitrogen and oxygen atoms in total.